The fourth-order valence-corrected chi connectivity index (χ4v) is 3.27. The van der Waals surface area contributed by atoms with Crippen molar-refractivity contribution in [1.29, 1.82) is 0 Å². The van der Waals surface area contributed by atoms with Gasteiger partial charge in [0.25, 0.3) is 0 Å². The molecular weight excluding hydrogens is 220 g/mol. The van der Waals surface area contributed by atoms with Crippen LogP contribution < -0.4 is 5.32 Å². The molecule has 1 aliphatic heterocycles. The monoisotopic (exact) mass is 250 g/mol. The van der Waals surface area contributed by atoms with Crippen molar-refractivity contribution in [1.82, 2.24) is 10.2 Å². The molecule has 0 amide bonds. The molecule has 2 aliphatic rings. The van der Waals surface area contributed by atoms with Crippen molar-refractivity contribution in [2.75, 3.05) is 19.6 Å². The summed E-state index contributed by atoms with van der Waals surface area (Å²) in [7, 11) is 0. The van der Waals surface area contributed by atoms with Crippen molar-refractivity contribution in [2.45, 2.75) is 70.9 Å². The summed E-state index contributed by atoms with van der Waals surface area (Å²) in [6.07, 6.45) is 11.9. The van der Waals surface area contributed by atoms with E-state index < -0.39 is 0 Å². The molecule has 0 bridgehead atoms. The van der Waals surface area contributed by atoms with E-state index in [9.17, 15) is 0 Å². The number of piperazine rings is 1. The van der Waals surface area contributed by atoms with E-state index in [4.69, 9.17) is 0 Å². The van der Waals surface area contributed by atoms with Crippen LogP contribution in [0.4, 0.5) is 0 Å². The Morgan fingerprint density at radius 1 is 1.39 bits per heavy atom. The van der Waals surface area contributed by atoms with Crippen molar-refractivity contribution >= 4 is 0 Å². The maximum Gasteiger partial charge on any atom is 0.0195 e. The quantitative estimate of drug-likeness (QED) is 0.753. The van der Waals surface area contributed by atoms with Gasteiger partial charge in [0.1, 0.15) is 0 Å². The van der Waals surface area contributed by atoms with Crippen molar-refractivity contribution < 1.29 is 0 Å². The third-order valence-corrected chi connectivity index (χ3v) is 4.52. The predicted molar refractivity (Wildman–Crippen MR) is 78.9 cm³/mol. The number of rotatable bonds is 5. The Labute approximate surface area is 113 Å². The largest absolute Gasteiger partial charge is 0.311 e. The molecule has 1 N–H and O–H groups in total. The summed E-state index contributed by atoms with van der Waals surface area (Å²) < 4.78 is 0. The standard InChI is InChI=1S/C16H30N2/c1-3-7-16-13-18(14(2)12-17-16)11-10-15-8-5-4-6-9-15/h8,14,16-17H,3-7,9-13H2,1-2H3. The van der Waals surface area contributed by atoms with E-state index in [0.29, 0.717) is 6.04 Å². The zero-order valence-electron chi connectivity index (χ0n) is 12.3. The molecule has 0 aromatic carbocycles. The summed E-state index contributed by atoms with van der Waals surface area (Å²) in [5.41, 5.74) is 1.72. The Hall–Kier alpha value is -0.340. The Morgan fingerprint density at radius 2 is 2.28 bits per heavy atom. The number of allylic oxidation sites excluding steroid dienone is 1. The number of hydrogen-bond donors (Lipinski definition) is 1. The van der Waals surface area contributed by atoms with Gasteiger partial charge in [-0.1, -0.05) is 25.0 Å². The van der Waals surface area contributed by atoms with Gasteiger partial charge in [0.2, 0.25) is 0 Å². The molecule has 2 atom stereocenters. The lowest BCUT2D eigenvalue weighted by molar-refractivity contribution is 0.138. The molecule has 0 radical (unpaired) electrons. The summed E-state index contributed by atoms with van der Waals surface area (Å²) >= 11 is 0. The van der Waals surface area contributed by atoms with Crippen LogP contribution in [0.1, 0.15) is 58.8 Å². The van der Waals surface area contributed by atoms with Crippen LogP contribution >= 0.6 is 0 Å². The topological polar surface area (TPSA) is 15.3 Å². The van der Waals surface area contributed by atoms with Crippen LogP contribution in [-0.2, 0) is 0 Å². The Morgan fingerprint density at radius 3 is 3.00 bits per heavy atom. The van der Waals surface area contributed by atoms with Gasteiger partial charge in [0.15, 0.2) is 0 Å². The Balaban J connectivity index is 1.77. The third-order valence-electron chi connectivity index (χ3n) is 4.52. The summed E-state index contributed by atoms with van der Waals surface area (Å²) in [6.45, 7) is 8.35. The van der Waals surface area contributed by atoms with Crippen molar-refractivity contribution in [2.24, 2.45) is 0 Å². The zero-order valence-corrected chi connectivity index (χ0v) is 12.3. The van der Waals surface area contributed by atoms with Gasteiger partial charge in [0, 0.05) is 31.7 Å². The van der Waals surface area contributed by atoms with E-state index in [-0.39, 0.29) is 0 Å². The van der Waals surface area contributed by atoms with Gasteiger partial charge in [-0.25, -0.2) is 0 Å². The number of nitrogens with one attached hydrogen (secondary N) is 1. The molecule has 2 rings (SSSR count). The molecular formula is C16H30N2. The molecule has 1 saturated heterocycles. The van der Waals surface area contributed by atoms with Gasteiger partial charge in [0.05, 0.1) is 0 Å². The fraction of sp³-hybridized carbons (Fsp3) is 0.875. The Kier molecular flexibility index (Phi) is 5.71. The first-order chi connectivity index (χ1) is 8.79. The van der Waals surface area contributed by atoms with Crippen LogP contribution in [0.3, 0.4) is 0 Å². The minimum Gasteiger partial charge on any atom is -0.311 e. The molecule has 2 heteroatoms. The predicted octanol–water partition coefficient (Wildman–Crippen LogP) is 3.34. The normalized spacial score (nSPS) is 30.2. The van der Waals surface area contributed by atoms with Crippen LogP contribution in [0.5, 0.6) is 0 Å². The molecule has 18 heavy (non-hydrogen) atoms. The lowest BCUT2D eigenvalue weighted by atomic mass is 9.96. The lowest BCUT2D eigenvalue weighted by Gasteiger charge is -2.39. The average Bonchev–Trinajstić information content (AvgIpc) is 2.41. The van der Waals surface area contributed by atoms with Gasteiger partial charge in [-0.2, -0.15) is 0 Å². The highest BCUT2D eigenvalue weighted by atomic mass is 15.2. The number of hydrogen-bond acceptors (Lipinski definition) is 2. The first-order valence-corrected chi connectivity index (χ1v) is 7.95. The van der Waals surface area contributed by atoms with Gasteiger partial charge in [-0.15, -0.1) is 0 Å². The Bertz CT molecular complexity index is 272. The van der Waals surface area contributed by atoms with Crippen molar-refractivity contribution in [3.8, 4) is 0 Å². The average molecular weight is 250 g/mol. The summed E-state index contributed by atoms with van der Waals surface area (Å²) in [6, 6.07) is 1.44. The SMILES string of the molecule is CCCC1CN(CCC2=CCCCC2)C(C)CN1. The molecule has 0 saturated carbocycles. The molecule has 1 fully saturated rings. The first kappa shape index (κ1) is 14.1. The van der Waals surface area contributed by atoms with Gasteiger partial charge in [-0.05, 0) is 45.4 Å². The highest BCUT2D eigenvalue weighted by Gasteiger charge is 2.24. The molecule has 1 heterocycles. The van der Waals surface area contributed by atoms with E-state index in [2.05, 4.69) is 30.1 Å². The maximum atomic E-state index is 3.68. The van der Waals surface area contributed by atoms with Crippen LogP contribution in [0.25, 0.3) is 0 Å². The van der Waals surface area contributed by atoms with Gasteiger partial charge in [-0.3, -0.25) is 4.90 Å². The minimum absolute atomic E-state index is 0.710. The minimum atomic E-state index is 0.710. The second kappa shape index (κ2) is 7.30. The third kappa shape index (κ3) is 4.10. The van der Waals surface area contributed by atoms with Gasteiger partial charge >= 0.3 is 0 Å². The summed E-state index contributed by atoms with van der Waals surface area (Å²) in [4.78, 5) is 2.70. The zero-order chi connectivity index (χ0) is 12.8. The van der Waals surface area contributed by atoms with E-state index >= 15 is 0 Å². The van der Waals surface area contributed by atoms with E-state index in [1.54, 1.807) is 5.57 Å². The summed E-state index contributed by atoms with van der Waals surface area (Å²) in [5, 5.41) is 3.68. The molecule has 1 aliphatic carbocycles. The van der Waals surface area contributed by atoms with Crippen LogP contribution in [0.2, 0.25) is 0 Å². The molecule has 0 aromatic rings. The fourth-order valence-electron chi connectivity index (χ4n) is 3.27. The first-order valence-electron chi connectivity index (χ1n) is 7.95. The lowest BCUT2D eigenvalue weighted by Crippen LogP contribution is -2.55. The highest BCUT2D eigenvalue weighted by molar-refractivity contribution is 5.05. The van der Waals surface area contributed by atoms with Crippen LogP contribution in [0, 0.1) is 0 Å². The molecule has 0 spiro atoms. The summed E-state index contributed by atoms with van der Waals surface area (Å²) in [5.74, 6) is 0. The van der Waals surface area contributed by atoms with E-state index in [1.165, 1.54) is 64.6 Å². The second-order valence-electron chi connectivity index (χ2n) is 6.10. The smallest absolute Gasteiger partial charge is 0.0195 e. The molecule has 104 valence electrons. The van der Waals surface area contributed by atoms with E-state index in [0.717, 1.165) is 6.04 Å². The molecule has 2 nitrogen and oxygen atoms in total. The highest BCUT2D eigenvalue weighted by Crippen LogP contribution is 2.21. The second-order valence-corrected chi connectivity index (χ2v) is 6.10. The van der Waals surface area contributed by atoms with Crippen LogP contribution in [-0.4, -0.2) is 36.6 Å². The van der Waals surface area contributed by atoms with Crippen molar-refractivity contribution in [3.05, 3.63) is 11.6 Å². The van der Waals surface area contributed by atoms with Crippen molar-refractivity contribution in [3.63, 3.8) is 0 Å². The maximum absolute atomic E-state index is 3.68. The number of nitrogens with zero attached hydrogens (tertiary/aromatic N) is 1. The molecule has 0 aromatic heterocycles. The molecule has 2 unspecified atom stereocenters. The van der Waals surface area contributed by atoms with Crippen LogP contribution in [0.15, 0.2) is 11.6 Å². The van der Waals surface area contributed by atoms with E-state index in [1.807, 2.05) is 0 Å². The van der Waals surface area contributed by atoms with Gasteiger partial charge < -0.3 is 5.32 Å².